The van der Waals surface area contributed by atoms with Gasteiger partial charge >= 0.3 is 6.03 Å². The van der Waals surface area contributed by atoms with Crippen LogP contribution in [0.4, 0.5) is 4.79 Å². The van der Waals surface area contributed by atoms with Crippen LogP contribution in [0.3, 0.4) is 0 Å². The van der Waals surface area contributed by atoms with Gasteiger partial charge in [0, 0.05) is 38.1 Å². The second-order valence-electron chi connectivity index (χ2n) is 9.27. The number of aromatic nitrogens is 1. The lowest BCUT2D eigenvalue weighted by atomic mass is 10.0. The fourth-order valence-electron chi connectivity index (χ4n) is 3.96. The van der Waals surface area contributed by atoms with Gasteiger partial charge < -0.3 is 24.4 Å². The molecule has 1 aromatic carbocycles. The Labute approximate surface area is 187 Å². The van der Waals surface area contributed by atoms with E-state index in [0.717, 1.165) is 37.2 Å². The van der Waals surface area contributed by atoms with Gasteiger partial charge in [0.15, 0.2) is 0 Å². The number of carbonyl (C=O) groups is 1. The standard InChI is InChI=1S/C25H38N4O2/c1-19(2)18-31-24-8-6-21(7-9-24)15-26-25(30)29(23-10-12-27(4)13-11-23)17-22-14-20(3)28(5)16-22/h6-9,14,16,19,23H,10-13,15,17-18H2,1-5H3,(H,26,30). The number of rotatable bonds is 8. The highest BCUT2D eigenvalue weighted by Gasteiger charge is 2.27. The molecule has 0 atom stereocenters. The fraction of sp³-hybridized carbons (Fsp3) is 0.560. The summed E-state index contributed by atoms with van der Waals surface area (Å²) in [6.45, 7) is 10.3. The first-order chi connectivity index (χ1) is 14.8. The minimum atomic E-state index is 0.0104. The number of aryl methyl sites for hydroxylation is 2. The topological polar surface area (TPSA) is 49.7 Å². The fourth-order valence-corrected chi connectivity index (χ4v) is 3.96. The van der Waals surface area contributed by atoms with E-state index in [9.17, 15) is 4.79 Å². The van der Waals surface area contributed by atoms with Crippen LogP contribution in [0, 0.1) is 12.8 Å². The molecule has 2 heterocycles. The minimum absolute atomic E-state index is 0.0104. The molecule has 0 saturated carbocycles. The summed E-state index contributed by atoms with van der Waals surface area (Å²) < 4.78 is 7.86. The first-order valence-electron chi connectivity index (χ1n) is 11.4. The Kier molecular flexibility index (Phi) is 8.02. The summed E-state index contributed by atoms with van der Waals surface area (Å²) in [4.78, 5) is 17.6. The number of urea groups is 1. The van der Waals surface area contributed by atoms with Crippen molar-refractivity contribution >= 4 is 6.03 Å². The van der Waals surface area contributed by atoms with Gasteiger partial charge in [-0.25, -0.2) is 4.79 Å². The van der Waals surface area contributed by atoms with Gasteiger partial charge in [-0.2, -0.15) is 0 Å². The van der Waals surface area contributed by atoms with Crippen LogP contribution in [0.5, 0.6) is 5.75 Å². The van der Waals surface area contributed by atoms with Crippen LogP contribution in [-0.2, 0) is 20.1 Å². The first kappa shape index (κ1) is 23.2. The largest absolute Gasteiger partial charge is 0.493 e. The normalized spacial score (nSPS) is 15.3. The van der Waals surface area contributed by atoms with Crippen molar-refractivity contribution in [1.82, 2.24) is 19.7 Å². The second kappa shape index (κ2) is 10.7. The van der Waals surface area contributed by atoms with Crippen LogP contribution in [0.1, 0.15) is 43.5 Å². The van der Waals surface area contributed by atoms with Crippen LogP contribution < -0.4 is 10.1 Å². The van der Waals surface area contributed by atoms with Crippen molar-refractivity contribution in [2.45, 2.75) is 52.7 Å². The average molecular weight is 427 g/mol. The lowest BCUT2D eigenvalue weighted by molar-refractivity contribution is 0.127. The Hall–Kier alpha value is -2.47. The highest BCUT2D eigenvalue weighted by atomic mass is 16.5. The zero-order chi connectivity index (χ0) is 22.4. The Bertz CT molecular complexity index is 816. The van der Waals surface area contributed by atoms with Crippen molar-refractivity contribution in [2.24, 2.45) is 13.0 Å². The maximum Gasteiger partial charge on any atom is 0.318 e. The van der Waals surface area contributed by atoms with Crippen LogP contribution >= 0.6 is 0 Å². The molecule has 1 fully saturated rings. The third kappa shape index (κ3) is 6.76. The lowest BCUT2D eigenvalue weighted by Gasteiger charge is -2.37. The number of nitrogens with one attached hydrogen (secondary N) is 1. The third-order valence-corrected chi connectivity index (χ3v) is 6.00. The predicted molar refractivity (Wildman–Crippen MR) is 125 cm³/mol. The molecular formula is C25H38N4O2. The van der Waals surface area contributed by atoms with Gasteiger partial charge in [-0.05, 0) is 75.1 Å². The Morgan fingerprint density at radius 3 is 2.42 bits per heavy atom. The zero-order valence-electron chi connectivity index (χ0n) is 19.7. The molecule has 0 spiro atoms. The number of benzene rings is 1. The molecule has 1 aliphatic rings. The van der Waals surface area contributed by atoms with E-state index in [4.69, 9.17) is 4.74 Å². The predicted octanol–water partition coefficient (Wildman–Crippen LogP) is 4.17. The van der Waals surface area contributed by atoms with E-state index in [1.807, 2.05) is 36.2 Å². The SMILES string of the molecule is Cc1cc(CN(C(=O)NCc2ccc(OCC(C)C)cc2)C2CCN(C)CC2)cn1C. The van der Waals surface area contributed by atoms with E-state index in [1.54, 1.807) is 0 Å². The Morgan fingerprint density at radius 2 is 1.84 bits per heavy atom. The van der Waals surface area contributed by atoms with Crippen molar-refractivity contribution in [2.75, 3.05) is 26.7 Å². The molecule has 1 aromatic heterocycles. The number of hydrogen-bond donors (Lipinski definition) is 1. The van der Waals surface area contributed by atoms with Crippen molar-refractivity contribution in [3.8, 4) is 5.75 Å². The molecule has 2 aromatic rings. The molecule has 2 amide bonds. The molecule has 31 heavy (non-hydrogen) atoms. The van der Waals surface area contributed by atoms with Gasteiger partial charge in [0.25, 0.3) is 0 Å². The maximum absolute atomic E-state index is 13.2. The summed E-state index contributed by atoms with van der Waals surface area (Å²) >= 11 is 0. The molecule has 170 valence electrons. The zero-order valence-corrected chi connectivity index (χ0v) is 19.7. The van der Waals surface area contributed by atoms with E-state index in [2.05, 4.69) is 54.9 Å². The van der Waals surface area contributed by atoms with E-state index >= 15 is 0 Å². The molecule has 1 aliphatic heterocycles. The second-order valence-corrected chi connectivity index (χ2v) is 9.27. The minimum Gasteiger partial charge on any atom is -0.493 e. The van der Waals surface area contributed by atoms with Gasteiger partial charge in [0.05, 0.1) is 6.61 Å². The molecule has 1 N–H and O–H groups in total. The van der Waals surface area contributed by atoms with Gasteiger partial charge in [-0.3, -0.25) is 0 Å². The number of nitrogens with zero attached hydrogens (tertiary/aromatic N) is 3. The number of carbonyl (C=O) groups excluding carboxylic acids is 1. The number of piperidine rings is 1. The molecule has 0 aliphatic carbocycles. The van der Waals surface area contributed by atoms with Crippen LogP contribution in [0.2, 0.25) is 0 Å². The molecule has 6 nitrogen and oxygen atoms in total. The number of ether oxygens (including phenoxy) is 1. The first-order valence-corrected chi connectivity index (χ1v) is 11.4. The summed E-state index contributed by atoms with van der Waals surface area (Å²) in [5, 5.41) is 3.14. The highest BCUT2D eigenvalue weighted by Crippen LogP contribution is 2.20. The van der Waals surface area contributed by atoms with E-state index in [1.165, 1.54) is 11.3 Å². The van der Waals surface area contributed by atoms with E-state index < -0.39 is 0 Å². The summed E-state index contributed by atoms with van der Waals surface area (Å²) in [5.74, 6) is 1.37. The van der Waals surface area contributed by atoms with Gasteiger partial charge in [-0.15, -0.1) is 0 Å². The average Bonchev–Trinajstić information content (AvgIpc) is 3.07. The quantitative estimate of drug-likeness (QED) is 0.689. The lowest BCUT2D eigenvalue weighted by Crippen LogP contribution is -2.49. The van der Waals surface area contributed by atoms with Crippen molar-refractivity contribution in [3.05, 3.63) is 53.3 Å². The number of amides is 2. The summed E-state index contributed by atoms with van der Waals surface area (Å²) in [6, 6.07) is 10.5. The van der Waals surface area contributed by atoms with Gasteiger partial charge in [0.2, 0.25) is 0 Å². The van der Waals surface area contributed by atoms with Crippen molar-refractivity contribution in [3.63, 3.8) is 0 Å². The van der Waals surface area contributed by atoms with Crippen molar-refractivity contribution < 1.29 is 9.53 Å². The molecule has 0 radical (unpaired) electrons. The Balaban J connectivity index is 1.62. The third-order valence-electron chi connectivity index (χ3n) is 6.00. The van der Waals surface area contributed by atoms with E-state index in [0.29, 0.717) is 25.6 Å². The Morgan fingerprint density at radius 1 is 1.16 bits per heavy atom. The van der Waals surface area contributed by atoms with Crippen LogP contribution in [0.15, 0.2) is 36.5 Å². The smallest absolute Gasteiger partial charge is 0.318 e. The molecule has 6 heteroatoms. The molecule has 1 saturated heterocycles. The summed E-state index contributed by atoms with van der Waals surface area (Å²) in [6.07, 6.45) is 4.15. The number of likely N-dealkylation sites (tertiary alicyclic amines) is 1. The monoisotopic (exact) mass is 426 g/mol. The molecule has 0 bridgehead atoms. The van der Waals surface area contributed by atoms with Crippen molar-refractivity contribution in [1.29, 1.82) is 0 Å². The maximum atomic E-state index is 13.2. The highest BCUT2D eigenvalue weighted by molar-refractivity contribution is 5.74. The van der Waals surface area contributed by atoms with Crippen LogP contribution in [-0.4, -0.2) is 53.2 Å². The summed E-state index contributed by atoms with van der Waals surface area (Å²) in [7, 11) is 4.20. The summed E-state index contributed by atoms with van der Waals surface area (Å²) in [5.41, 5.74) is 3.46. The van der Waals surface area contributed by atoms with Crippen LogP contribution in [0.25, 0.3) is 0 Å². The van der Waals surface area contributed by atoms with Gasteiger partial charge in [-0.1, -0.05) is 26.0 Å². The molecular weight excluding hydrogens is 388 g/mol. The molecule has 0 unspecified atom stereocenters. The van der Waals surface area contributed by atoms with E-state index in [-0.39, 0.29) is 12.1 Å². The van der Waals surface area contributed by atoms with Gasteiger partial charge in [0.1, 0.15) is 5.75 Å². The molecule has 3 rings (SSSR count). The number of hydrogen-bond acceptors (Lipinski definition) is 3.